The van der Waals surface area contributed by atoms with Crippen molar-refractivity contribution in [2.24, 2.45) is 11.5 Å². The zero-order chi connectivity index (χ0) is 15.1. The van der Waals surface area contributed by atoms with Crippen LogP contribution in [0.2, 0.25) is 0 Å². The fourth-order valence-electron chi connectivity index (χ4n) is 1.64. The first-order valence-electron chi connectivity index (χ1n) is 6.01. The van der Waals surface area contributed by atoms with Crippen molar-refractivity contribution in [1.29, 1.82) is 0 Å². The quantitative estimate of drug-likeness (QED) is 0.507. The highest BCUT2D eigenvalue weighted by atomic mass is 16.4. The predicted octanol–water partition coefficient (Wildman–Crippen LogP) is -0.999. The van der Waals surface area contributed by atoms with Gasteiger partial charge in [-0.2, -0.15) is 0 Å². The highest BCUT2D eigenvalue weighted by Crippen LogP contribution is 2.02. The molecule has 7 nitrogen and oxygen atoms in total. The molecule has 108 valence electrons. The average molecular weight is 279 g/mol. The zero-order valence-corrected chi connectivity index (χ0v) is 10.8. The Balaban J connectivity index is 2.59. The van der Waals surface area contributed by atoms with E-state index < -0.39 is 36.3 Å². The largest absolute Gasteiger partial charge is 0.480 e. The molecule has 2 amide bonds. The highest BCUT2D eigenvalue weighted by molar-refractivity contribution is 5.90. The molecule has 20 heavy (non-hydrogen) atoms. The van der Waals surface area contributed by atoms with Gasteiger partial charge in [0.2, 0.25) is 11.8 Å². The van der Waals surface area contributed by atoms with Crippen LogP contribution >= 0.6 is 0 Å². The Labute approximate surface area is 115 Å². The third kappa shape index (κ3) is 5.07. The Kier molecular flexibility index (Phi) is 5.67. The van der Waals surface area contributed by atoms with Crippen molar-refractivity contribution in [2.75, 3.05) is 0 Å². The van der Waals surface area contributed by atoms with Crippen LogP contribution in [-0.2, 0) is 20.8 Å². The number of nitrogens with two attached hydrogens (primary N) is 2. The van der Waals surface area contributed by atoms with Crippen LogP contribution in [-0.4, -0.2) is 35.0 Å². The standard InChI is InChI=1S/C13H17N3O4/c14-9(6-8-4-2-1-3-5-8)12(18)16-10(13(19)20)7-11(15)17/h1-5,9-10H,6-7,14H2,(H2,15,17)(H,16,18)(H,19,20)/t9?,10-/m1/s1. The highest BCUT2D eigenvalue weighted by Gasteiger charge is 2.24. The molecule has 0 bridgehead atoms. The molecule has 0 aliphatic rings. The van der Waals surface area contributed by atoms with E-state index in [1.54, 1.807) is 0 Å². The molecule has 0 saturated heterocycles. The molecule has 1 unspecified atom stereocenters. The van der Waals surface area contributed by atoms with Crippen LogP contribution in [0.3, 0.4) is 0 Å². The number of primary amides is 1. The molecule has 7 heteroatoms. The number of carboxylic acids is 1. The van der Waals surface area contributed by atoms with Gasteiger partial charge in [0, 0.05) is 0 Å². The third-order valence-electron chi connectivity index (χ3n) is 2.66. The van der Waals surface area contributed by atoms with Gasteiger partial charge in [-0.25, -0.2) is 4.79 Å². The van der Waals surface area contributed by atoms with E-state index in [0.717, 1.165) is 5.56 Å². The van der Waals surface area contributed by atoms with Crippen molar-refractivity contribution in [2.45, 2.75) is 24.9 Å². The summed E-state index contributed by atoms with van der Waals surface area (Å²) in [5.41, 5.74) is 11.5. The molecule has 0 fully saturated rings. The van der Waals surface area contributed by atoms with Crippen LogP contribution in [0, 0.1) is 0 Å². The molecule has 1 rings (SSSR count). The number of carbonyl (C=O) groups is 3. The van der Waals surface area contributed by atoms with Crippen LogP contribution < -0.4 is 16.8 Å². The summed E-state index contributed by atoms with van der Waals surface area (Å²) >= 11 is 0. The summed E-state index contributed by atoms with van der Waals surface area (Å²) in [7, 11) is 0. The van der Waals surface area contributed by atoms with Crippen LogP contribution in [0.1, 0.15) is 12.0 Å². The van der Waals surface area contributed by atoms with Crippen molar-refractivity contribution >= 4 is 17.8 Å². The summed E-state index contributed by atoms with van der Waals surface area (Å²) in [5.74, 6) is -2.78. The molecule has 1 aromatic carbocycles. The zero-order valence-electron chi connectivity index (χ0n) is 10.8. The lowest BCUT2D eigenvalue weighted by Gasteiger charge is -2.16. The second-order valence-electron chi connectivity index (χ2n) is 4.37. The Morgan fingerprint density at radius 3 is 2.30 bits per heavy atom. The van der Waals surface area contributed by atoms with E-state index in [9.17, 15) is 14.4 Å². The van der Waals surface area contributed by atoms with E-state index in [0.29, 0.717) is 0 Å². The lowest BCUT2D eigenvalue weighted by Crippen LogP contribution is -2.50. The molecular weight excluding hydrogens is 262 g/mol. The van der Waals surface area contributed by atoms with Gasteiger partial charge >= 0.3 is 5.97 Å². The number of carbonyl (C=O) groups excluding carboxylic acids is 2. The van der Waals surface area contributed by atoms with Crippen molar-refractivity contribution in [3.63, 3.8) is 0 Å². The Morgan fingerprint density at radius 1 is 1.20 bits per heavy atom. The molecular formula is C13H17N3O4. The minimum absolute atomic E-state index is 0.273. The first-order valence-corrected chi connectivity index (χ1v) is 6.01. The Hall–Kier alpha value is -2.41. The topological polar surface area (TPSA) is 136 Å². The van der Waals surface area contributed by atoms with Gasteiger partial charge < -0.3 is 21.9 Å². The molecule has 0 aliphatic heterocycles. The van der Waals surface area contributed by atoms with Crippen molar-refractivity contribution < 1.29 is 19.5 Å². The van der Waals surface area contributed by atoms with Gasteiger partial charge in [-0.1, -0.05) is 30.3 Å². The molecule has 0 radical (unpaired) electrons. The van der Waals surface area contributed by atoms with E-state index in [1.807, 2.05) is 30.3 Å². The van der Waals surface area contributed by atoms with E-state index in [2.05, 4.69) is 5.32 Å². The Bertz CT molecular complexity index is 490. The van der Waals surface area contributed by atoms with Crippen LogP contribution in [0.25, 0.3) is 0 Å². The summed E-state index contributed by atoms with van der Waals surface area (Å²) in [6.45, 7) is 0. The minimum atomic E-state index is -1.36. The first kappa shape index (κ1) is 15.6. The van der Waals surface area contributed by atoms with Gasteiger partial charge in [0.15, 0.2) is 0 Å². The normalized spacial score (nSPS) is 13.2. The number of benzene rings is 1. The van der Waals surface area contributed by atoms with Crippen LogP contribution in [0.15, 0.2) is 30.3 Å². The van der Waals surface area contributed by atoms with Gasteiger partial charge in [-0.3, -0.25) is 9.59 Å². The second-order valence-corrected chi connectivity index (χ2v) is 4.37. The average Bonchev–Trinajstić information content (AvgIpc) is 2.38. The monoisotopic (exact) mass is 279 g/mol. The fourth-order valence-corrected chi connectivity index (χ4v) is 1.64. The summed E-state index contributed by atoms with van der Waals surface area (Å²) in [6.07, 6.45) is -0.200. The minimum Gasteiger partial charge on any atom is -0.480 e. The maximum Gasteiger partial charge on any atom is 0.326 e. The summed E-state index contributed by atoms with van der Waals surface area (Å²) in [4.78, 5) is 33.4. The van der Waals surface area contributed by atoms with Gasteiger partial charge in [0.1, 0.15) is 6.04 Å². The molecule has 6 N–H and O–H groups in total. The molecule has 0 saturated carbocycles. The van der Waals surface area contributed by atoms with E-state index in [-0.39, 0.29) is 6.42 Å². The molecule has 0 aliphatic carbocycles. The molecule has 2 atom stereocenters. The van der Waals surface area contributed by atoms with Crippen molar-refractivity contribution in [1.82, 2.24) is 5.32 Å². The fraction of sp³-hybridized carbons (Fsp3) is 0.308. The lowest BCUT2D eigenvalue weighted by atomic mass is 10.1. The van der Waals surface area contributed by atoms with Crippen LogP contribution in [0.4, 0.5) is 0 Å². The van der Waals surface area contributed by atoms with E-state index in [4.69, 9.17) is 16.6 Å². The molecule has 0 aromatic heterocycles. The number of amides is 2. The van der Waals surface area contributed by atoms with Gasteiger partial charge in [0.05, 0.1) is 12.5 Å². The van der Waals surface area contributed by atoms with Gasteiger partial charge in [-0.05, 0) is 12.0 Å². The molecule has 0 spiro atoms. The number of hydrogen-bond acceptors (Lipinski definition) is 4. The number of hydrogen-bond donors (Lipinski definition) is 4. The molecule has 0 heterocycles. The first-order chi connectivity index (χ1) is 9.40. The summed E-state index contributed by atoms with van der Waals surface area (Å²) in [6, 6.07) is 6.83. The smallest absolute Gasteiger partial charge is 0.326 e. The number of aliphatic carboxylic acids is 1. The van der Waals surface area contributed by atoms with E-state index in [1.165, 1.54) is 0 Å². The Morgan fingerprint density at radius 2 is 1.80 bits per heavy atom. The SMILES string of the molecule is NC(=O)C[C@@H](NC(=O)C(N)Cc1ccccc1)C(=O)O. The van der Waals surface area contributed by atoms with Crippen molar-refractivity contribution in [3.05, 3.63) is 35.9 Å². The maximum absolute atomic E-state index is 11.8. The predicted molar refractivity (Wildman–Crippen MR) is 71.5 cm³/mol. The second kappa shape index (κ2) is 7.25. The van der Waals surface area contributed by atoms with Gasteiger partial charge in [0.25, 0.3) is 0 Å². The third-order valence-corrected chi connectivity index (χ3v) is 2.66. The number of carboxylic acid groups (broad SMARTS) is 1. The summed E-state index contributed by atoms with van der Waals surface area (Å²) < 4.78 is 0. The van der Waals surface area contributed by atoms with Crippen molar-refractivity contribution in [3.8, 4) is 0 Å². The molecule has 1 aromatic rings. The number of rotatable bonds is 7. The maximum atomic E-state index is 11.8. The lowest BCUT2D eigenvalue weighted by molar-refractivity contribution is -0.143. The number of nitrogens with one attached hydrogen (secondary N) is 1. The van der Waals surface area contributed by atoms with Gasteiger partial charge in [-0.15, -0.1) is 0 Å². The summed E-state index contributed by atoms with van der Waals surface area (Å²) in [5, 5.41) is 11.1. The van der Waals surface area contributed by atoms with Crippen LogP contribution in [0.5, 0.6) is 0 Å². The van der Waals surface area contributed by atoms with E-state index >= 15 is 0 Å².